The molecule has 1 aliphatic rings. The van der Waals surface area contributed by atoms with E-state index in [1.54, 1.807) is 11.3 Å². The zero-order chi connectivity index (χ0) is 16.2. The normalized spacial score (nSPS) is 15.7. The second-order valence-corrected chi connectivity index (χ2v) is 6.98. The summed E-state index contributed by atoms with van der Waals surface area (Å²) in [6, 6.07) is 7.87. The number of hydrogen-bond acceptors (Lipinski definition) is 4. The molecule has 0 spiro atoms. The lowest BCUT2D eigenvalue weighted by molar-refractivity contribution is 0.142. The summed E-state index contributed by atoms with van der Waals surface area (Å²) in [5, 5.41) is 6.19. The summed E-state index contributed by atoms with van der Waals surface area (Å²) in [5.41, 5.74) is 3.17. The Balaban J connectivity index is 1.48. The van der Waals surface area contributed by atoms with Gasteiger partial charge in [-0.05, 0) is 26.0 Å². The summed E-state index contributed by atoms with van der Waals surface area (Å²) in [6.07, 6.45) is 0. The van der Waals surface area contributed by atoms with E-state index in [0.29, 0.717) is 0 Å². The summed E-state index contributed by atoms with van der Waals surface area (Å²) in [6.45, 7) is 8.21. The summed E-state index contributed by atoms with van der Waals surface area (Å²) < 4.78 is 0. The fourth-order valence-electron chi connectivity index (χ4n) is 2.66. The molecule has 2 aromatic rings. The number of amides is 2. The molecule has 0 radical (unpaired) electrons. The molecule has 1 aliphatic heterocycles. The van der Waals surface area contributed by atoms with Crippen molar-refractivity contribution >= 4 is 23.1 Å². The minimum atomic E-state index is -0.0157. The molecule has 0 aliphatic carbocycles. The zero-order valence-electron chi connectivity index (χ0n) is 13.6. The first-order valence-electron chi connectivity index (χ1n) is 7.86. The van der Waals surface area contributed by atoms with Gasteiger partial charge in [0.15, 0.2) is 0 Å². The van der Waals surface area contributed by atoms with E-state index >= 15 is 0 Å². The Morgan fingerprint density at radius 3 is 2.48 bits per heavy atom. The van der Waals surface area contributed by atoms with E-state index in [2.05, 4.69) is 20.6 Å². The molecular formula is C17H22N4OS. The topological polar surface area (TPSA) is 48.5 Å². The number of carbonyl (C=O) groups excluding carboxylic acids is 1. The van der Waals surface area contributed by atoms with Gasteiger partial charge in [-0.25, -0.2) is 9.78 Å². The molecule has 2 heterocycles. The van der Waals surface area contributed by atoms with Crippen LogP contribution in [0.4, 0.5) is 10.5 Å². The van der Waals surface area contributed by atoms with E-state index in [1.807, 2.05) is 43.0 Å². The predicted molar refractivity (Wildman–Crippen MR) is 93.9 cm³/mol. The molecule has 1 fully saturated rings. The van der Waals surface area contributed by atoms with E-state index in [4.69, 9.17) is 0 Å². The fourth-order valence-corrected chi connectivity index (χ4v) is 3.26. The van der Waals surface area contributed by atoms with Crippen molar-refractivity contribution in [2.24, 2.45) is 0 Å². The van der Waals surface area contributed by atoms with Gasteiger partial charge in [-0.1, -0.05) is 17.7 Å². The van der Waals surface area contributed by atoms with E-state index in [0.717, 1.165) is 49.1 Å². The van der Waals surface area contributed by atoms with Gasteiger partial charge in [0.2, 0.25) is 0 Å². The summed E-state index contributed by atoms with van der Waals surface area (Å²) in [7, 11) is 0. The van der Waals surface area contributed by atoms with Gasteiger partial charge in [-0.15, -0.1) is 11.3 Å². The minimum absolute atomic E-state index is 0.0157. The summed E-state index contributed by atoms with van der Waals surface area (Å²) >= 11 is 1.69. The molecule has 122 valence electrons. The van der Waals surface area contributed by atoms with Crippen LogP contribution in [-0.4, -0.2) is 47.0 Å². The Kier molecular flexibility index (Phi) is 4.93. The van der Waals surface area contributed by atoms with Gasteiger partial charge in [0.25, 0.3) is 0 Å². The smallest absolute Gasteiger partial charge is 0.321 e. The van der Waals surface area contributed by atoms with Gasteiger partial charge < -0.3 is 10.2 Å². The maximum Gasteiger partial charge on any atom is 0.321 e. The number of thiazole rings is 1. The Morgan fingerprint density at radius 1 is 1.17 bits per heavy atom. The highest BCUT2D eigenvalue weighted by Gasteiger charge is 2.21. The number of piperazine rings is 1. The van der Waals surface area contributed by atoms with Crippen molar-refractivity contribution in [3.63, 3.8) is 0 Å². The maximum absolute atomic E-state index is 12.3. The molecule has 23 heavy (non-hydrogen) atoms. The van der Waals surface area contributed by atoms with E-state index < -0.39 is 0 Å². The van der Waals surface area contributed by atoms with Gasteiger partial charge in [0.1, 0.15) is 0 Å². The van der Waals surface area contributed by atoms with Crippen LogP contribution in [-0.2, 0) is 6.54 Å². The standard InChI is InChI=1S/C17H22N4OS/c1-13-3-5-15(6-4-13)19-17(22)21-9-7-20(8-10-21)11-16-12-23-14(2)18-16/h3-6,12H,7-11H2,1-2H3,(H,19,22). The molecule has 0 atom stereocenters. The second-order valence-electron chi connectivity index (χ2n) is 5.92. The van der Waals surface area contributed by atoms with Crippen molar-refractivity contribution in [2.75, 3.05) is 31.5 Å². The maximum atomic E-state index is 12.3. The Morgan fingerprint density at radius 2 is 1.87 bits per heavy atom. The van der Waals surface area contributed by atoms with E-state index in [1.165, 1.54) is 5.56 Å². The molecule has 0 unspecified atom stereocenters. The number of rotatable bonds is 3. The van der Waals surface area contributed by atoms with Gasteiger partial charge in [-0.2, -0.15) is 0 Å². The molecule has 0 bridgehead atoms. The first kappa shape index (κ1) is 16.0. The van der Waals surface area contributed by atoms with Crippen LogP contribution in [0.5, 0.6) is 0 Å². The summed E-state index contributed by atoms with van der Waals surface area (Å²) in [4.78, 5) is 21.0. The van der Waals surface area contributed by atoms with E-state index in [-0.39, 0.29) is 6.03 Å². The summed E-state index contributed by atoms with van der Waals surface area (Å²) in [5.74, 6) is 0. The second kappa shape index (κ2) is 7.10. The zero-order valence-corrected chi connectivity index (χ0v) is 14.4. The number of aryl methyl sites for hydroxylation is 2. The number of nitrogens with zero attached hydrogens (tertiary/aromatic N) is 3. The van der Waals surface area contributed by atoms with Crippen molar-refractivity contribution in [1.29, 1.82) is 0 Å². The van der Waals surface area contributed by atoms with Gasteiger partial charge in [-0.3, -0.25) is 4.90 Å². The molecule has 0 saturated carbocycles. The Hall–Kier alpha value is -1.92. The lowest BCUT2D eigenvalue weighted by Gasteiger charge is -2.34. The van der Waals surface area contributed by atoms with Crippen LogP contribution in [0.15, 0.2) is 29.6 Å². The lowest BCUT2D eigenvalue weighted by Crippen LogP contribution is -2.49. The molecule has 6 heteroatoms. The molecule has 1 aromatic carbocycles. The lowest BCUT2D eigenvalue weighted by atomic mass is 10.2. The molecule has 1 N–H and O–H groups in total. The number of hydrogen-bond donors (Lipinski definition) is 1. The first-order valence-corrected chi connectivity index (χ1v) is 8.74. The average molecular weight is 330 g/mol. The molecular weight excluding hydrogens is 308 g/mol. The number of urea groups is 1. The van der Waals surface area contributed by atoms with Crippen molar-refractivity contribution in [2.45, 2.75) is 20.4 Å². The molecule has 1 saturated heterocycles. The van der Waals surface area contributed by atoms with Gasteiger partial charge in [0.05, 0.1) is 10.7 Å². The highest BCUT2D eigenvalue weighted by atomic mass is 32.1. The van der Waals surface area contributed by atoms with E-state index in [9.17, 15) is 4.79 Å². The van der Waals surface area contributed by atoms with Crippen LogP contribution in [0.3, 0.4) is 0 Å². The van der Waals surface area contributed by atoms with Crippen LogP contribution >= 0.6 is 11.3 Å². The number of nitrogens with one attached hydrogen (secondary N) is 1. The highest BCUT2D eigenvalue weighted by molar-refractivity contribution is 7.09. The van der Waals surface area contributed by atoms with Crippen LogP contribution in [0, 0.1) is 13.8 Å². The number of carbonyl (C=O) groups is 1. The fraction of sp³-hybridized carbons (Fsp3) is 0.412. The molecule has 2 amide bonds. The Bertz CT molecular complexity index is 659. The average Bonchev–Trinajstić information content (AvgIpc) is 2.95. The minimum Gasteiger partial charge on any atom is -0.322 e. The monoisotopic (exact) mass is 330 g/mol. The van der Waals surface area contributed by atoms with Crippen LogP contribution in [0.2, 0.25) is 0 Å². The van der Waals surface area contributed by atoms with Gasteiger partial charge >= 0.3 is 6.03 Å². The number of aromatic nitrogens is 1. The third kappa shape index (κ3) is 4.30. The van der Waals surface area contributed by atoms with Crippen molar-refractivity contribution in [3.05, 3.63) is 45.9 Å². The molecule has 1 aromatic heterocycles. The largest absolute Gasteiger partial charge is 0.322 e. The quantitative estimate of drug-likeness (QED) is 0.941. The van der Waals surface area contributed by atoms with Gasteiger partial charge in [0, 0.05) is 43.8 Å². The molecule has 3 rings (SSSR count). The third-order valence-electron chi connectivity index (χ3n) is 4.01. The number of anilines is 1. The third-order valence-corrected chi connectivity index (χ3v) is 4.84. The van der Waals surface area contributed by atoms with Crippen LogP contribution in [0.1, 0.15) is 16.3 Å². The number of benzene rings is 1. The van der Waals surface area contributed by atoms with Crippen LogP contribution < -0.4 is 5.32 Å². The first-order chi connectivity index (χ1) is 11.1. The Labute approximate surface area is 140 Å². The van der Waals surface area contributed by atoms with Crippen molar-refractivity contribution in [1.82, 2.24) is 14.8 Å². The molecule has 5 nitrogen and oxygen atoms in total. The van der Waals surface area contributed by atoms with Crippen LogP contribution in [0.25, 0.3) is 0 Å². The SMILES string of the molecule is Cc1ccc(NC(=O)N2CCN(Cc3csc(C)n3)CC2)cc1. The van der Waals surface area contributed by atoms with Crippen molar-refractivity contribution < 1.29 is 4.79 Å². The highest BCUT2D eigenvalue weighted by Crippen LogP contribution is 2.14. The predicted octanol–water partition coefficient (Wildman–Crippen LogP) is 3.11. The van der Waals surface area contributed by atoms with Crippen molar-refractivity contribution in [3.8, 4) is 0 Å².